The molecular formula is C17H25IN6O2S. The first-order chi connectivity index (χ1) is 12.5. The van der Waals surface area contributed by atoms with Gasteiger partial charge in [0.15, 0.2) is 5.96 Å². The van der Waals surface area contributed by atoms with Crippen molar-refractivity contribution >= 4 is 52.6 Å². The predicted molar refractivity (Wildman–Crippen MR) is 121 cm³/mol. The zero-order valence-electron chi connectivity index (χ0n) is 15.6. The number of nitrogens with one attached hydrogen (secondary N) is 2. The maximum Gasteiger partial charge on any atom is 0.292 e. The lowest BCUT2D eigenvalue weighted by Gasteiger charge is -2.21. The summed E-state index contributed by atoms with van der Waals surface area (Å²) in [4.78, 5) is 21.7. The van der Waals surface area contributed by atoms with Crippen molar-refractivity contribution in [1.82, 2.24) is 15.2 Å². The van der Waals surface area contributed by atoms with Crippen LogP contribution < -0.4 is 10.6 Å². The van der Waals surface area contributed by atoms with Gasteiger partial charge in [0.1, 0.15) is 5.69 Å². The zero-order chi connectivity index (χ0) is 18.9. The van der Waals surface area contributed by atoms with Gasteiger partial charge in [-0.15, -0.1) is 35.3 Å². The summed E-state index contributed by atoms with van der Waals surface area (Å²) in [6.07, 6.45) is 0. The number of nitrogens with zero attached hydrogens (tertiary/aromatic N) is 4. The molecule has 0 radical (unpaired) electrons. The molecule has 0 spiro atoms. The number of aliphatic imine (C=N–C) groups is 1. The number of thiazole rings is 1. The van der Waals surface area contributed by atoms with E-state index in [9.17, 15) is 10.1 Å². The summed E-state index contributed by atoms with van der Waals surface area (Å²) in [5.41, 5.74) is 1.59. The van der Waals surface area contributed by atoms with E-state index >= 15 is 0 Å². The van der Waals surface area contributed by atoms with Crippen molar-refractivity contribution < 1.29 is 4.92 Å². The van der Waals surface area contributed by atoms with Gasteiger partial charge >= 0.3 is 0 Å². The van der Waals surface area contributed by atoms with Crippen LogP contribution in [0, 0.1) is 17.0 Å². The molecule has 27 heavy (non-hydrogen) atoms. The topological polar surface area (TPSA) is 95.7 Å². The number of halogens is 1. The molecule has 0 fully saturated rings. The number of nitro groups is 1. The normalized spacial score (nSPS) is 10.9. The summed E-state index contributed by atoms with van der Waals surface area (Å²) in [6.45, 7) is 6.44. The fraction of sp³-hybridized carbons (Fsp3) is 0.412. The first-order valence-corrected chi connectivity index (χ1v) is 9.27. The molecule has 8 nitrogen and oxygen atoms in total. The molecule has 0 saturated heterocycles. The van der Waals surface area contributed by atoms with Gasteiger partial charge in [-0.05, 0) is 19.9 Å². The van der Waals surface area contributed by atoms with Crippen LogP contribution in [-0.2, 0) is 6.54 Å². The van der Waals surface area contributed by atoms with Gasteiger partial charge in [0.25, 0.3) is 5.69 Å². The summed E-state index contributed by atoms with van der Waals surface area (Å²) >= 11 is 1.63. The minimum atomic E-state index is -0.390. The maximum atomic E-state index is 11.0. The number of nitro benzene ring substituents is 1. The lowest BCUT2D eigenvalue weighted by Crippen LogP contribution is -2.38. The Labute approximate surface area is 180 Å². The molecule has 1 aromatic carbocycles. The fourth-order valence-electron chi connectivity index (χ4n) is 2.40. The molecule has 0 aliphatic rings. The van der Waals surface area contributed by atoms with Gasteiger partial charge in [0.05, 0.1) is 28.7 Å². The second-order valence-electron chi connectivity index (χ2n) is 5.65. The smallest absolute Gasteiger partial charge is 0.292 e. The Hall–Kier alpha value is -1.95. The van der Waals surface area contributed by atoms with Gasteiger partial charge in [0, 0.05) is 31.6 Å². The monoisotopic (exact) mass is 504 g/mol. The van der Waals surface area contributed by atoms with Crippen molar-refractivity contribution in [2.75, 3.05) is 32.0 Å². The lowest BCUT2D eigenvalue weighted by molar-refractivity contribution is -0.384. The third-order valence-corrected chi connectivity index (χ3v) is 4.37. The summed E-state index contributed by atoms with van der Waals surface area (Å²) in [6, 6.07) is 6.61. The van der Waals surface area contributed by atoms with E-state index < -0.39 is 0 Å². The van der Waals surface area contributed by atoms with Crippen LogP contribution in [0.15, 0.2) is 34.6 Å². The summed E-state index contributed by atoms with van der Waals surface area (Å²) < 4.78 is 0. The number of hydrogen-bond donors (Lipinski definition) is 2. The van der Waals surface area contributed by atoms with E-state index in [0.29, 0.717) is 25.3 Å². The maximum absolute atomic E-state index is 11.0. The molecule has 2 rings (SSSR count). The van der Waals surface area contributed by atoms with Gasteiger partial charge in [0.2, 0.25) is 0 Å². The molecule has 1 aromatic heterocycles. The van der Waals surface area contributed by atoms with Crippen molar-refractivity contribution in [2.45, 2.75) is 20.4 Å². The standard InChI is InChI=1S/C17H24N6O2S.HI/c1-4-18-17(22(3)11-14-12-26-13(2)21-14)20-10-9-19-15-7-5-6-8-16(15)23(24)25;/h5-8,12,19H,4,9-11H2,1-3H3,(H,18,20);1H. The molecule has 0 bridgehead atoms. The van der Waals surface area contributed by atoms with Crippen LogP contribution in [0.25, 0.3) is 0 Å². The van der Waals surface area contributed by atoms with Crippen molar-refractivity contribution in [3.8, 4) is 0 Å². The van der Waals surface area contributed by atoms with Crippen LogP contribution in [0.4, 0.5) is 11.4 Å². The van der Waals surface area contributed by atoms with E-state index in [4.69, 9.17) is 0 Å². The minimum Gasteiger partial charge on any atom is -0.378 e. The number of guanidine groups is 1. The van der Waals surface area contributed by atoms with Crippen molar-refractivity contribution in [3.05, 3.63) is 50.5 Å². The highest BCUT2D eigenvalue weighted by atomic mass is 127. The summed E-state index contributed by atoms with van der Waals surface area (Å²) in [7, 11) is 1.96. The number of anilines is 1. The van der Waals surface area contributed by atoms with E-state index in [1.54, 1.807) is 29.5 Å². The van der Waals surface area contributed by atoms with Gasteiger partial charge in [-0.25, -0.2) is 4.98 Å². The van der Waals surface area contributed by atoms with Crippen LogP contribution in [0.3, 0.4) is 0 Å². The molecule has 0 aliphatic carbocycles. The average Bonchev–Trinajstić information content (AvgIpc) is 3.02. The zero-order valence-corrected chi connectivity index (χ0v) is 18.8. The fourth-order valence-corrected chi connectivity index (χ4v) is 3.01. The molecule has 0 unspecified atom stereocenters. The molecule has 10 heteroatoms. The van der Waals surface area contributed by atoms with Crippen LogP contribution >= 0.6 is 35.3 Å². The van der Waals surface area contributed by atoms with Crippen LogP contribution in [0.1, 0.15) is 17.6 Å². The molecule has 148 valence electrons. The number of hydrogen-bond acceptors (Lipinski definition) is 6. The Morgan fingerprint density at radius 3 is 2.78 bits per heavy atom. The Kier molecular flexibility index (Phi) is 10.0. The van der Waals surface area contributed by atoms with Crippen LogP contribution in [0.5, 0.6) is 0 Å². The molecule has 2 aromatic rings. The Bertz CT molecular complexity index is 767. The van der Waals surface area contributed by atoms with Crippen molar-refractivity contribution in [1.29, 1.82) is 0 Å². The second-order valence-corrected chi connectivity index (χ2v) is 6.71. The van der Waals surface area contributed by atoms with Gasteiger partial charge in [-0.2, -0.15) is 0 Å². The first kappa shape index (κ1) is 23.1. The third kappa shape index (κ3) is 7.29. The molecule has 0 aliphatic heterocycles. The van der Waals surface area contributed by atoms with Gasteiger partial charge in [-0.1, -0.05) is 12.1 Å². The Morgan fingerprint density at radius 2 is 2.15 bits per heavy atom. The molecule has 0 saturated carbocycles. The minimum absolute atomic E-state index is 0. The van der Waals surface area contributed by atoms with Crippen molar-refractivity contribution in [3.63, 3.8) is 0 Å². The molecule has 1 heterocycles. The molecule has 2 N–H and O–H groups in total. The Morgan fingerprint density at radius 1 is 1.41 bits per heavy atom. The summed E-state index contributed by atoms with van der Waals surface area (Å²) in [5, 5.41) is 20.5. The van der Waals surface area contributed by atoms with Gasteiger partial charge < -0.3 is 15.5 Å². The number of rotatable bonds is 8. The molecule has 0 amide bonds. The van der Waals surface area contributed by atoms with E-state index in [2.05, 4.69) is 20.6 Å². The Balaban J connectivity index is 0.00000364. The quantitative estimate of drug-likeness (QED) is 0.143. The highest BCUT2D eigenvalue weighted by Gasteiger charge is 2.12. The number of aryl methyl sites for hydroxylation is 1. The molecule has 0 atom stereocenters. The predicted octanol–water partition coefficient (Wildman–Crippen LogP) is 3.49. The summed E-state index contributed by atoms with van der Waals surface area (Å²) in [5.74, 6) is 0.780. The number of para-hydroxylation sites is 2. The largest absolute Gasteiger partial charge is 0.378 e. The molecular weight excluding hydrogens is 479 g/mol. The van der Waals surface area contributed by atoms with E-state index in [1.807, 2.05) is 31.2 Å². The van der Waals surface area contributed by atoms with Crippen molar-refractivity contribution in [2.24, 2.45) is 4.99 Å². The third-order valence-electron chi connectivity index (χ3n) is 3.55. The van der Waals surface area contributed by atoms with E-state index in [0.717, 1.165) is 23.2 Å². The average molecular weight is 504 g/mol. The first-order valence-electron chi connectivity index (χ1n) is 8.39. The second kappa shape index (κ2) is 11.7. The SMILES string of the molecule is CCNC(=NCCNc1ccccc1[N+](=O)[O-])N(C)Cc1csc(C)n1.I. The lowest BCUT2D eigenvalue weighted by atomic mass is 10.2. The highest BCUT2D eigenvalue weighted by Crippen LogP contribution is 2.22. The van der Waals surface area contributed by atoms with E-state index in [-0.39, 0.29) is 34.6 Å². The van der Waals surface area contributed by atoms with E-state index in [1.165, 1.54) is 6.07 Å². The van der Waals surface area contributed by atoms with Gasteiger partial charge in [-0.3, -0.25) is 15.1 Å². The highest BCUT2D eigenvalue weighted by molar-refractivity contribution is 14.0. The van der Waals surface area contributed by atoms with Crippen LogP contribution in [0.2, 0.25) is 0 Å². The number of aromatic nitrogens is 1. The number of benzene rings is 1. The van der Waals surface area contributed by atoms with Crippen LogP contribution in [-0.4, -0.2) is 47.4 Å².